The van der Waals surface area contributed by atoms with Gasteiger partial charge in [-0.25, -0.2) is 0 Å². The molecule has 1 heterocycles. The van der Waals surface area contributed by atoms with Crippen LogP contribution in [-0.2, 0) is 6.42 Å². The van der Waals surface area contributed by atoms with Crippen LogP contribution in [0.5, 0.6) is 5.75 Å². The lowest BCUT2D eigenvalue weighted by atomic mass is 10.1. The first-order valence-corrected chi connectivity index (χ1v) is 5.38. The smallest absolute Gasteiger partial charge is 0.145 e. The minimum absolute atomic E-state index is 0.670. The number of anilines is 2. The number of hydrogen-bond acceptors (Lipinski definition) is 4. The van der Waals surface area contributed by atoms with Crippen molar-refractivity contribution in [1.29, 1.82) is 0 Å². The highest BCUT2D eigenvalue weighted by Gasteiger charge is 2.09. The Kier molecular flexibility index (Phi) is 3.18. The Morgan fingerprint density at radius 3 is 2.59 bits per heavy atom. The zero-order valence-electron chi connectivity index (χ0n) is 9.95. The third kappa shape index (κ3) is 2.33. The first kappa shape index (κ1) is 11.3. The number of nitrogens with two attached hydrogens (primary N) is 1. The van der Waals surface area contributed by atoms with Crippen LogP contribution in [0.3, 0.4) is 0 Å². The number of aromatic amines is 1. The van der Waals surface area contributed by atoms with Gasteiger partial charge in [-0.15, -0.1) is 0 Å². The first-order valence-electron chi connectivity index (χ1n) is 5.38. The summed E-state index contributed by atoms with van der Waals surface area (Å²) in [4.78, 5) is 0. The van der Waals surface area contributed by atoms with Gasteiger partial charge in [-0.05, 0) is 17.7 Å². The van der Waals surface area contributed by atoms with Gasteiger partial charge in [0.2, 0.25) is 0 Å². The molecule has 0 bridgehead atoms. The molecule has 1 aromatic carbocycles. The lowest BCUT2D eigenvalue weighted by molar-refractivity contribution is 0.414. The van der Waals surface area contributed by atoms with Gasteiger partial charge >= 0.3 is 0 Å². The molecule has 0 atom stereocenters. The van der Waals surface area contributed by atoms with Crippen molar-refractivity contribution in [3.8, 4) is 5.75 Å². The average molecular weight is 232 g/mol. The Balaban J connectivity index is 2.16. The second-order valence-corrected chi connectivity index (χ2v) is 3.73. The van der Waals surface area contributed by atoms with E-state index < -0.39 is 0 Å². The van der Waals surface area contributed by atoms with E-state index in [4.69, 9.17) is 10.5 Å². The minimum atomic E-state index is 0.670. The SMILES string of the molecule is CNc1[nH]nc(Cc2ccc(OC)cc2)c1N. The van der Waals surface area contributed by atoms with Crippen molar-refractivity contribution in [2.75, 3.05) is 25.2 Å². The summed E-state index contributed by atoms with van der Waals surface area (Å²) in [5, 5.41) is 9.99. The molecule has 1 aromatic heterocycles. The number of aromatic nitrogens is 2. The summed E-state index contributed by atoms with van der Waals surface area (Å²) in [7, 11) is 3.46. The summed E-state index contributed by atoms with van der Waals surface area (Å²) in [6.45, 7) is 0. The molecule has 0 unspecified atom stereocenters. The summed E-state index contributed by atoms with van der Waals surface area (Å²) in [5.74, 6) is 1.60. The fourth-order valence-corrected chi connectivity index (χ4v) is 1.65. The van der Waals surface area contributed by atoms with E-state index in [1.807, 2.05) is 24.3 Å². The molecule has 5 heteroatoms. The molecule has 2 aromatic rings. The van der Waals surface area contributed by atoms with Gasteiger partial charge in [0.15, 0.2) is 0 Å². The zero-order valence-corrected chi connectivity index (χ0v) is 9.95. The van der Waals surface area contributed by atoms with Crippen LogP contribution in [0, 0.1) is 0 Å². The van der Waals surface area contributed by atoms with E-state index in [9.17, 15) is 0 Å². The maximum atomic E-state index is 5.94. The second-order valence-electron chi connectivity index (χ2n) is 3.73. The maximum Gasteiger partial charge on any atom is 0.145 e. The third-order valence-corrected chi connectivity index (χ3v) is 2.66. The molecule has 0 saturated carbocycles. The molecular formula is C12H16N4O. The molecule has 2 rings (SSSR count). The number of hydrogen-bond donors (Lipinski definition) is 3. The Morgan fingerprint density at radius 1 is 1.35 bits per heavy atom. The van der Waals surface area contributed by atoms with Gasteiger partial charge in [0, 0.05) is 13.5 Å². The number of H-pyrrole nitrogens is 1. The van der Waals surface area contributed by atoms with Crippen LogP contribution < -0.4 is 15.8 Å². The summed E-state index contributed by atoms with van der Waals surface area (Å²) in [6, 6.07) is 7.87. The number of nitrogens with zero attached hydrogens (tertiary/aromatic N) is 1. The van der Waals surface area contributed by atoms with Gasteiger partial charge in [0.05, 0.1) is 18.5 Å². The predicted molar refractivity (Wildman–Crippen MR) is 68.3 cm³/mol. The quantitative estimate of drug-likeness (QED) is 0.749. The van der Waals surface area contributed by atoms with Gasteiger partial charge in [-0.2, -0.15) is 5.10 Å². The number of rotatable bonds is 4. The largest absolute Gasteiger partial charge is 0.497 e. The van der Waals surface area contributed by atoms with Crippen LogP contribution in [0.1, 0.15) is 11.3 Å². The molecular weight excluding hydrogens is 216 g/mol. The molecule has 0 radical (unpaired) electrons. The van der Waals surface area contributed by atoms with Crippen LogP contribution in [0.2, 0.25) is 0 Å². The van der Waals surface area contributed by atoms with Crippen molar-refractivity contribution in [1.82, 2.24) is 10.2 Å². The normalized spacial score (nSPS) is 10.2. The van der Waals surface area contributed by atoms with Gasteiger partial charge in [0.1, 0.15) is 11.6 Å². The molecule has 17 heavy (non-hydrogen) atoms. The van der Waals surface area contributed by atoms with Gasteiger partial charge in [-0.1, -0.05) is 12.1 Å². The van der Waals surface area contributed by atoms with E-state index in [0.717, 1.165) is 22.8 Å². The van der Waals surface area contributed by atoms with E-state index in [1.54, 1.807) is 14.2 Å². The van der Waals surface area contributed by atoms with Crippen LogP contribution in [0.15, 0.2) is 24.3 Å². The molecule has 0 aliphatic rings. The van der Waals surface area contributed by atoms with E-state index >= 15 is 0 Å². The molecule has 4 N–H and O–H groups in total. The monoisotopic (exact) mass is 232 g/mol. The van der Waals surface area contributed by atoms with Gasteiger partial charge < -0.3 is 15.8 Å². The van der Waals surface area contributed by atoms with Crippen LogP contribution in [0.4, 0.5) is 11.5 Å². The standard InChI is InChI=1S/C12H16N4O/c1-14-12-11(13)10(15-16-12)7-8-3-5-9(17-2)6-4-8/h3-6H,7,13H2,1-2H3,(H2,14,15,16). The average Bonchev–Trinajstić information content (AvgIpc) is 2.71. The molecule has 5 nitrogen and oxygen atoms in total. The Hall–Kier alpha value is -2.17. The summed E-state index contributed by atoms with van der Waals surface area (Å²) in [5.41, 5.74) is 8.60. The van der Waals surface area contributed by atoms with E-state index in [0.29, 0.717) is 12.1 Å². The highest BCUT2D eigenvalue weighted by Crippen LogP contribution is 2.22. The molecule has 0 fully saturated rings. The van der Waals surface area contributed by atoms with Crippen molar-refractivity contribution < 1.29 is 4.74 Å². The molecule has 0 aliphatic heterocycles. The molecule has 0 spiro atoms. The summed E-state index contributed by atoms with van der Waals surface area (Å²) >= 11 is 0. The van der Waals surface area contributed by atoms with Gasteiger partial charge in [0.25, 0.3) is 0 Å². The predicted octanol–water partition coefficient (Wildman–Crippen LogP) is 1.63. The van der Waals surface area contributed by atoms with E-state index in [-0.39, 0.29) is 0 Å². The van der Waals surface area contributed by atoms with Crippen molar-refractivity contribution in [3.63, 3.8) is 0 Å². The van der Waals surface area contributed by atoms with Crippen molar-refractivity contribution in [2.45, 2.75) is 6.42 Å². The lowest BCUT2D eigenvalue weighted by Crippen LogP contribution is -1.97. The number of nitrogen functional groups attached to an aromatic ring is 1. The van der Waals surface area contributed by atoms with E-state index in [1.165, 1.54) is 0 Å². The number of methoxy groups -OCH3 is 1. The van der Waals surface area contributed by atoms with E-state index in [2.05, 4.69) is 15.5 Å². The number of benzene rings is 1. The Labute approximate surface area is 100.0 Å². The number of nitrogens with one attached hydrogen (secondary N) is 2. The first-order chi connectivity index (χ1) is 8.24. The highest BCUT2D eigenvalue weighted by molar-refractivity contribution is 5.64. The molecule has 90 valence electrons. The molecule has 0 aliphatic carbocycles. The number of ether oxygens (including phenoxy) is 1. The fraction of sp³-hybridized carbons (Fsp3) is 0.250. The third-order valence-electron chi connectivity index (χ3n) is 2.66. The fourth-order valence-electron chi connectivity index (χ4n) is 1.65. The van der Waals surface area contributed by atoms with Crippen molar-refractivity contribution in [2.24, 2.45) is 0 Å². The van der Waals surface area contributed by atoms with Gasteiger partial charge in [-0.3, -0.25) is 5.10 Å². The topological polar surface area (TPSA) is 76.0 Å². The van der Waals surface area contributed by atoms with Crippen LogP contribution in [-0.4, -0.2) is 24.4 Å². The van der Waals surface area contributed by atoms with Crippen LogP contribution in [0.25, 0.3) is 0 Å². The minimum Gasteiger partial charge on any atom is -0.497 e. The van der Waals surface area contributed by atoms with Crippen molar-refractivity contribution in [3.05, 3.63) is 35.5 Å². The summed E-state index contributed by atoms with van der Waals surface area (Å²) in [6.07, 6.45) is 0.702. The lowest BCUT2D eigenvalue weighted by Gasteiger charge is -2.02. The Bertz CT molecular complexity index is 490. The highest BCUT2D eigenvalue weighted by atomic mass is 16.5. The zero-order chi connectivity index (χ0) is 12.3. The Morgan fingerprint density at radius 2 is 2.06 bits per heavy atom. The van der Waals surface area contributed by atoms with Crippen molar-refractivity contribution >= 4 is 11.5 Å². The second kappa shape index (κ2) is 4.78. The van der Waals surface area contributed by atoms with Crippen LogP contribution >= 0.6 is 0 Å². The maximum absolute atomic E-state index is 5.94. The summed E-state index contributed by atoms with van der Waals surface area (Å²) < 4.78 is 5.11. The molecule has 0 saturated heterocycles. The molecule has 0 amide bonds.